The van der Waals surface area contributed by atoms with Crippen LogP contribution in [0.3, 0.4) is 0 Å². The molecule has 1 amide bonds. The molecule has 0 aliphatic rings. The van der Waals surface area contributed by atoms with Crippen LogP contribution in [0.25, 0.3) is 0 Å². The number of rotatable bonds is 4. The molecule has 82 valence electrons. The molecule has 1 N–H and O–H groups in total. The molecular formula is C12H18N2O. The van der Waals surface area contributed by atoms with Gasteiger partial charge in [0.2, 0.25) is 5.91 Å². The molecule has 1 rings (SSSR count). The first-order valence-electron chi connectivity index (χ1n) is 5.15. The van der Waals surface area contributed by atoms with Gasteiger partial charge in [0.05, 0.1) is 6.54 Å². The number of hydrogen-bond donors (Lipinski definition) is 1. The van der Waals surface area contributed by atoms with Crippen LogP contribution >= 0.6 is 0 Å². The fourth-order valence-electron chi connectivity index (χ4n) is 1.36. The molecule has 0 heterocycles. The second-order valence-corrected chi connectivity index (χ2v) is 3.91. The number of carbonyl (C=O) groups is 1. The topological polar surface area (TPSA) is 32.3 Å². The van der Waals surface area contributed by atoms with Crippen molar-refractivity contribution in [2.75, 3.05) is 18.5 Å². The van der Waals surface area contributed by atoms with Crippen molar-refractivity contribution in [2.24, 2.45) is 0 Å². The van der Waals surface area contributed by atoms with E-state index >= 15 is 0 Å². The fourth-order valence-corrected chi connectivity index (χ4v) is 1.36. The average molecular weight is 206 g/mol. The summed E-state index contributed by atoms with van der Waals surface area (Å²) in [5, 5.41) is 2.86. The summed E-state index contributed by atoms with van der Waals surface area (Å²) in [5.74, 6) is 0.0522. The van der Waals surface area contributed by atoms with E-state index in [4.69, 9.17) is 0 Å². The number of nitrogens with one attached hydrogen (secondary N) is 1. The fraction of sp³-hybridized carbons (Fsp3) is 0.417. The number of anilines is 1. The van der Waals surface area contributed by atoms with Crippen LogP contribution < -0.4 is 10.2 Å². The molecule has 0 aliphatic heterocycles. The molecule has 0 saturated heterocycles. The lowest BCUT2D eigenvalue weighted by Gasteiger charge is -2.19. The lowest BCUT2D eigenvalue weighted by atomic mass is 10.3. The summed E-state index contributed by atoms with van der Waals surface area (Å²) in [7, 11) is 1.91. The Kier molecular flexibility index (Phi) is 4.16. The van der Waals surface area contributed by atoms with Crippen LogP contribution in [-0.4, -0.2) is 25.5 Å². The Morgan fingerprint density at radius 3 is 2.47 bits per heavy atom. The molecule has 15 heavy (non-hydrogen) atoms. The predicted octanol–water partition coefficient (Wildman–Crippen LogP) is 1.65. The maximum absolute atomic E-state index is 11.5. The summed E-state index contributed by atoms with van der Waals surface area (Å²) in [6.07, 6.45) is 0. The summed E-state index contributed by atoms with van der Waals surface area (Å²) in [4.78, 5) is 13.4. The normalized spacial score (nSPS) is 10.1. The van der Waals surface area contributed by atoms with E-state index in [-0.39, 0.29) is 11.9 Å². The van der Waals surface area contributed by atoms with Crippen molar-refractivity contribution in [3.63, 3.8) is 0 Å². The van der Waals surface area contributed by atoms with E-state index in [0.717, 1.165) is 5.69 Å². The minimum Gasteiger partial charge on any atom is -0.365 e. The number of amides is 1. The largest absolute Gasteiger partial charge is 0.365 e. The van der Waals surface area contributed by atoms with Gasteiger partial charge in [0.1, 0.15) is 0 Å². The maximum atomic E-state index is 11.5. The zero-order chi connectivity index (χ0) is 11.3. The molecular weight excluding hydrogens is 188 g/mol. The molecule has 0 fully saturated rings. The summed E-state index contributed by atoms with van der Waals surface area (Å²) in [5.41, 5.74) is 1.05. The zero-order valence-corrected chi connectivity index (χ0v) is 9.53. The third kappa shape index (κ3) is 4.02. The van der Waals surface area contributed by atoms with Gasteiger partial charge < -0.3 is 10.2 Å². The Labute approximate surface area is 91.1 Å². The Hall–Kier alpha value is -1.51. The molecule has 0 radical (unpaired) electrons. The Morgan fingerprint density at radius 2 is 1.93 bits per heavy atom. The highest BCUT2D eigenvalue weighted by molar-refractivity contribution is 5.81. The number of likely N-dealkylation sites (N-methyl/N-ethyl adjacent to an activating group) is 1. The summed E-state index contributed by atoms with van der Waals surface area (Å²) < 4.78 is 0. The van der Waals surface area contributed by atoms with Crippen molar-refractivity contribution < 1.29 is 4.79 Å². The van der Waals surface area contributed by atoms with Crippen molar-refractivity contribution in [1.82, 2.24) is 5.32 Å². The number of nitrogens with zero attached hydrogens (tertiary/aromatic N) is 1. The lowest BCUT2D eigenvalue weighted by molar-refractivity contribution is -0.120. The van der Waals surface area contributed by atoms with Crippen LogP contribution in [0.5, 0.6) is 0 Å². The molecule has 1 aromatic rings. The first-order valence-corrected chi connectivity index (χ1v) is 5.15. The number of para-hydroxylation sites is 1. The molecule has 0 unspecified atom stereocenters. The van der Waals surface area contributed by atoms with Crippen LogP contribution in [0.1, 0.15) is 13.8 Å². The van der Waals surface area contributed by atoms with Gasteiger partial charge in [-0.2, -0.15) is 0 Å². The van der Waals surface area contributed by atoms with Gasteiger partial charge >= 0.3 is 0 Å². The second-order valence-electron chi connectivity index (χ2n) is 3.91. The number of benzene rings is 1. The Balaban J connectivity index is 2.49. The highest BCUT2D eigenvalue weighted by atomic mass is 16.2. The highest BCUT2D eigenvalue weighted by Gasteiger charge is 2.07. The van der Waals surface area contributed by atoms with E-state index in [2.05, 4.69) is 5.32 Å². The van der Waals surface area contributed by atoms with Crippen LogP contribution in [0, 0.1) is 0 Å². The van der Waals surface area contributed by atoms with E-state index in [1.54, 1.807) is 0 Å². The smallest absolute Gasteiger partial charge is 0.239 e. The minimum absolute atomic E-state index is 0.0522. The van der Waals surface area contributed by atoms with E-state index in [9.17, 15) is 4.79 Å². The number of hydrogen-bond acceptors (Lipinski definition) is 2. The van der Waals surface area contributed by atoms with Gasteiger partial charge in [-0.25, -0.2) is 0 Å². The molecule has 0 atom stereocenters. The van der Waals surface area contributed by atoms with Gasteiger partial charge in [-0.3, -0.25) is 4.79 Å². The van der Waals surface area contributed by atoms with Crippen molar-refractivity contribution in [1.29, 1.82) is 0 Å². The molecule has 0 saturated carbocycles. The van der Waals surface area contributed by atoms with Crippen molar-refractivity contribution >= 4 is 11.6 Å². The van der Waals surface area contributed by atoms with Crippen LogP contribution in [0.2, 0.25) is 0 Å². The second kappa shape index (κ2) is 5.39. The predicted molar refractivity (Wildman–Crippen MR) is 63.0 cm³/mol. The van der Waals surface area contributed by atoms with E-state index in [1.165, 1.54) is 0 Å². The van der Waals surface area contributed by atoms with E-state index in [0.29, 0.717) is 6.54 Å². The van der Waals surface area contributed by atoms with E-state index in [1.807, 2.05) is 56.1 Å². The van der Waals surface area contributed by atoms with Crippen LogP contribution in [0.15, 0.2) is 30.3 Å². The molecule has 0 aliphatic carbocycles. The standard InChI is InChI=1S/C12H18N2O/c1-10(2)13-12(15)9-14(3)11-7-5-4-6-8-11/h4-8,10H,9H2,1-3H3,(H,13,15). The molecule has 3 nitrogen and oxygen atoms in total. The minimum atomic E-state index is 0.0522. The lowest BCUT2D eigenvalue weighted by Crippen LogP contribution is -2.38. The van der Waals surface area contributed by atoms with Gasteiger partial charge in [0, 0.05) is 18.8 Å². The summed E-state index contributed by atoms with van der Waals surface area (Å²) in [6, 6.07) is 10.1. The highest BCUT2D eigenvalue weighted by Crippen LogP contribution is 2.09. The van der Waals surface area contributed by atoms with Gasteiger partial charge in [-0.15, -0.1) is 0 Å². The zero-order valence-electron chi connectivity index (χ0n) is 9.53. The van der Waals surface area contributed by atoms with Gasteiger partial charge in [0.15, 0.2) is 0 Å². The Bertz CT molecular complexity index is 309. The van der Waals surface area contributed by atoms with Crippen molar-refractivity contribution in [2.45, 2.75) is 19.9 Å². The SMILES string of the molecule is CC(C)NC(=O)CN(C)c1ccccc1. The molecule has 3 heteroatoms. The maximum Gasteiger partial charge on any atom is 0.239 e. The summed E-state index contributed by atoms with van der Waals surface area (Å²) >= 11 is 0. The quantitative estimate of drug-likeness (QED) is 0.812. The molecule has 0 spiro atoms. The molecule has 0 aromatic heterocycles. The van der Waals surface area contributed by atoms with Gasteiger partial charge in [-0.05, 0) is 26.0 Å². The summed E-state index contributed by atoms with van der Waals surface area (Å²) in [6.45, 7) is 4.31. The van der Waals surface area contributed by atoms with Crippen LogP contribution in [-0.2, 0) is 4.79 Å². The van der Waals surface area contributed by atoms with Gasteiger partial charge in [0.25, 0.3) is 0 Å². The third-order valence-corrected chi connectivity index (χ3v) is 2.03. The van der Waals surface area contributed by atoms with Crippen molar-refractivity contribution in [3.05, 3.63) is 30.3 Å². The van der Waals surface area contributed by atoms with Crippen LogP contribution in [0.4, 0.5) is 5.69 Å². The first kappa shape index (κ1) is 11.6. The van der Waals surface area contributed by atoms with E-state index < -0.39 is 0 Å². The molecule has 1 aromatic carbocycles. The Morgan fingerprint density at radius 1 is 1.33 bits per heavy atom. The third-order valence-electron chi connectivity index (χ3n) is 2.03. The number of carbonyl (C=O) groups excluding carboxylic acids is 1. The van der Waals surface area contributed by atoms with Gasteiger partial charge in [-0.1, -0.05) is 18.2 Å². The van der Waals surface area contributed by atoms with Crippen molar-refractivity contribution in [3.8, 4) is 0 Å². The monoisotopic (exact) mass is 206 g/mol. The average Bonchev–Trinajstić information content (AvgIpc) is 2.17. The molecule has 0 bridgehead atoms. The first-order chi connectivity index (χ1) is 7.09.